The molecule has 0 atom stereocenters. The van der Waals surface area contributed by atoms with E-state index in [1.807, 2.05) is 72.8 Å². The molecule has 0 saturated carbocycles. The van der Waals surface area contributed by atoms with Crippen molar-refractivity contribution in [3.8, 4) is 16.3 Å². The van der Waals surface area contributed by atoms with Crippen LogP contribution in [0, 0.1) is 0 Å². The summed E-state index contributed by atoms with van der Waals surface area (Å²) in [5.74, 6) is 0.570. The molecule has 5 heteroatoms. The summed E-state index contributed by atoms with van der Waals surface area (Å²) in [5.41, 5.74) is 3.58. The molecular formula is C24H20N2O2S. The molecule has 0 spiro atoms. The number of hydrogen-bond acceptors (Lipinski definition) is 4. The monoisotopic (exact) mass is 400 g/mol. The van der Waals surface area contributed by atoms with Crippen molar-refractivity contribution >= 4 is 39.2 Å². The number of benzene rings is 3. The largest absolute Gasteiger partial charge is 0.497 e. The van der Waals surface area contributed by atoms with E-state index in [4.69, 9.17) is 9.72 Å². The van der Waals surface area contributed by atoms with Gasteiger partial charge < -0.3 is 9.64 Å². The maximum absolute atomic E-state index is 12.9. The van der Waals surface area contributed by atoms with Crippen molar-refractivity contribution in [1.82, 2.24) is 4.98 Å². The maximum Gasteiger partial charge on any atom is 0.250 e. The minimum Gasteiger partial charge on any atom is -0.497 e. The van der Waals surface area contributed by atoms with Crippen LogP contribution in [0.5, 0.6) is 5.75 Å². The van der Waals surface area contributed by atoms with Crippen LogP contribution in [0.2, 0.25) is 0 Å². The molecule has 0 aliphatic carbocycles. The highest BCUT2D eigenvalue weighted by Gasteiger charge is 2.17. The predicted molar refractivity (Wildman–Crippen MR) is 120 cm³/mol. The number of thiazole rings is 1. The smallest absolute Gasteiger partial charge is 0.250 e. The van der Waals surface area contributed by atoms with Gasteiger partial charge in [-0.2, -0.15) is 0 Å². The lowest BCUT2D eigenvalue weighted by atomic mass is 10.1. The normalized spacial score (nSPS) is 11.1. The third kappa shape index (κ3) is 4.05. The summed E-state index contributed by atoms with van der Waals surface area (Å²) in [6.07, 6.45) is 3.40. The van der Waals surface area contributed by atoms with Gasteiger partial charge in [-0.3, -0.25) is 4.79 Å². The molecule has 0 saturated heterocycles. The van der Waals surface area contributed by atoms with Gasteiger partial charge in [-0.25, -0.2) is 4.98 Å². The van der Waals surface area contributed by atoms with Gasteiger partial charge in [0.1, 0.15) is 10.8 Å². The molecular weight excluding hydrogens is 380 g/mol. The molecule has 29 heavy (non-hydrogen) atoms. The highest BCUT2D eigenvalue weighted by Crippen LogP contribution is 2.38. The number of likely N-dealkylation sites (N-methyl/N-ethyl adjacent to an activating group) is 1. The number of carbonyl (C=O) groups excluding carboxylic acids is 1. The molecule has 4 nitrogen and oxygen atoms in total. The summed E-state index contributed by atoms with van der Waals surface area (Å²) in [7, 11) is 3.39. The first-order valence-corrected chi connectivity index (χ1v) is 10.0. The number of fused-ring (bicyclic) bond motifs is 1. The minimum atomic E-state index is -0.121. The molecule has 0 radical (unpaired) electrons. The Bertz CT molecular complexity index is 1150. The molecule has 1 amide bonds. The fourth-order valence-corrected chi connectivity index (χ4v) is 4.05. The molecule has 0 fully saturated rings. The van der Waals surface area contributed by atoms with E-state index in [9.17, 15) is 4.79 Å². The summed E-state index contributed by atoms with van der Waals surface area (Å²) in [5, 5.41) is 0.871. The van der Waals surface area contributed by atoms with Crippen molar-refractivity contribution in [3.63, 3.8) is 0 Å². The summed E-state index contributed by atoms with van der Waals surface area (Å²) in [6.45, 7) is 0. The molecule has 0 aliphatic rings. The van der Waals surface area contributed by atoms with Crippen molar-refractivity contribution in [2.45, 2.75) is 0 Å². The number of anilines is 1. The highest BCUT2D eigenvalue weighted by molar-refractivity contribution is 7.21. The van der Waals surface area contributed by atoms with E-state index in [0.717, 1.165) is 32.0 Å². The molecule has 0 aliphatic heterocycles. The first kappa shape index (κ1) is 18.9. The number of carbonyl (C=O) groups is 1. The maximum atomic E-state index is 12.9. The minimum absolute atomic E-state index is 0.121. The van der Waals surface area contributed by atoms with E-state index in [1.54, 1.807) is 36.5 Å². The van der Waals surface area contributed by atoms with Crippen LogP contribution in [-0.2, 0) is 4.79 Å². The molecule has 1 aromatic heterocycles. The van der Waals surface area contributed by atoms with E-state index >= 15 is 0 Å². The quantitative estimate of drug-likeness (QED) is 0.407. The van der Waals surface area contributed by atoms with Crippen molar-refractivity contribution in [3.05, 3.63) is 84.4 Å². The Morgan fingerprint density at radius 3 is 2.55 bits per heavy atom. The number of aromatic nitrogens is 1. The Labute approximate surface area is 173 Å². The van der Waals surface area contributed by atoms with Gasteiger partial charge in [0.15, 0.2) is 0 Å². The zero-order valence-electron chi connectivity index (χ0n) is 16.2. The summed E-state index contributed by atoms with van der Waals surface area (Å²) >= 11 is 1.61. The van der Waals surface area contributed by atoms with Gasteiger partial charge >= 0.3 is 0 Å². The van der Waals surface area contributed by atoms with Crippen LogP contribution in [0.1, 0.15) is 5.56 Å². The SMILES string of the molecule is COc1ccc(-c2nc3ccccc3s2)c(N(C)C(=O)/C=C/c2ccccc2)c1. The molecule has 1 heterocycles. The van der Waals surface area contributed by atoms with Gasteiger partial charge in [0.2, 0.25) is 0 Å². The van der Waals surface area contributed by atoms with E-state index in [2.05, 4.69) is 6.07 Å². The predicted octanol–water partition coefficient (Wildman–Crippen LogP) is 5.65. The molecule has 3 aromatic carbocycles. The van der Waals surface area contributed by atoms with Crippen molar-refractivity contribution in [1.29, 1.82) is 0 Å². The van der Waals surface area contributed by atoms with Crippen molar-refractivity contribution in [2.75, 3.05) is 19.1 Å². The Morgan fingerprint density at radius 2 is 1.79 bits per heavy atom. The first-order valence-electron chi connectivity index (χ1n) is 9.20. The molecule has 0 N–H and O–H groups in total. The zero-order valence-corrected chi connectivity index (χ0v) is 17.0. The number of methoxy groups -OCH3 is 1. The third-order valence-electron chi connectivity index (χ3n) is 4.64. The van der Waals surface area contributed by atoms with Crippen LogP contribution in [0.4, 0.5) is 5.69 Å². The second kappa shape index (κ2) is 8.29. The Balaban J connectivity index is 1.71. The number of para-hydroxylation sites is 1. The van der Waals surface area contributed by atoms with Gasteiger partial charge in [-0.1, -0.05) is 42.5 Å². The lowest BCUT2D eigenvalue weighted by Gasteiger charge is -2.19. The fourth-order valence-electron chi connectivity index (χ4n) is 3.05. The van der Waals surface area contributed by atoms with Gasteiger partial charge in [-0.15, -0.1) is 11.3 Å². The van der Waals surface area contributed by atoms with Crippen LogP contribution in [0.3, 0.4) is 0 Å². The van der Waals surface area contributed by atoms with E-state index < -0.39 is 0 Å². The molecule has 0 unspecified atom stereocenters. The van der Waals surface area contributed by atoms with Crippen LogP contribution < -0.4 is 9.64 Å². The second-order valence-corrected chi connectivity index (χ2v) is 7.54. The van der Waals surface area contributed by atoms with Crippen LogP contribution >= 0.6 is 11.3 Å². The van der Waals surface area contributed by atoms with Gasteiger partial charge in [-0.05, 0) is 35.9 Å². The van der Waals surface area contributed by atoms with Crippen LogP contribution in [0.15, 0.2) is 78.9 Å². The third-order valence-corrected chi connectivity index (χ3v) is 5.71. The topological polar surface area (TPSA) is 42.4 Å². The van der Waals surface area contributed by atoms with Crippen molar-refractivity contribution < 1.29 is 9.53 Å². The Kier molecular flexibility index (Phi) is 5.40. The lowest BCUT2D eigenvalue weighted by molar-refractivity contribution is -0.113. The molecule has 0 bridgehead atoms. The molecule has 4 aromatic rings. The number of rotatable bonds is 5. The Hall–Kier alpha value is -3.44. The van der Waals surface area contributed by atoms with E-state index in [1.165, 1.54) is 0 Å². The summed E-state index contributed by atoms with van der Waals surface area (Å²) in [6, 6.07) is 23.5. The molecule has 144 valence electrons. The first-order chi connectivity index (χ1) is 14.2. The fraction of sp³-hybridized carbons (Fsp3) is 0.0833. The second-order valence-electron chi connectivity index (χ2n) is 6.51. The highest BCUT2D eigenvalue weighted by atomic mass is 32.1. The van der Waals surface area contributed by atoms with Gasteiger partial charge in [0, 0.05) is 24.8 Å². The Morgan fingerprint density at radius 1 is 1.03 bits per heavy atom. The van der Waals surface area contributed by atoms with Crippen LogP contribution in [0.25, 0.3) is 26.9 Å². The average Bonchev–Trinajstić information content (AvgIpc) is 3.21. The number of amides is 1. The van der Waals surface area contributed by atoms with E-state index in [0.29, 0.717) is 5.75 Å². The number of ether oxygens (including phenoxy) is 1. The number of hydrogen-bond donors (Lipinski definition) is 0. The average molecular weight is 401 g/mol. The van der Waals surface area contributed by atoms with Gasteiger partial charge in [0.25, 0.3) is 5.91 Å². The van der Waals surface area contributed by atoms with Crippen molar-refractivity contribution in [2.24, 2.45) is 0 Å². The molecule has 4 rings (SSSR count). The van der Waals surface area contributed by atoms with Crippen LogP contribution in [-0.4, -0.2) is 25.0 Å². The van der Waals surface area contributed by atoms with Gasteiger partial charge in [0.05, 0.1) is 23.0 Å². The standard InChI is InChI=1S/C24H20N2O2S/c1-26(23(27)15-12-17-8-4-3-5-9-17)21-16-18(28-2)13-14-19(21)24-25-20-10-6-7-11-22(20)29-24/h3-16H,1-2H3/b15-12+. The zero-order chi connectivity index (χ0) is 20.2. The lowest BCUT2D eigenvalue weighted by Crippen LogP contribution is -2.24. The summed E-state index contributed by atoms with van der Waals surface area (Å²) < 4.78 is 6.50. The summed E-state index contributed by atoms with van der Waals surface area (Å²) in [4.78, 5) is 19.2. The number of nitrogens with zero attached hydrogens (tertiary/aromatic N) is 2. The van der Waals surface area contributed by atoms with E-state index in [-0.39, 0.29) is 5.91 Å².